The zero-order valence-electron chi connectivity index (χ0n) is 15.5. The molecule has 1 amide bonds. The van der Waals surface area contributed by atoms with E-state index in [-0.39, 0.29) is 38.7 Å². The number of nitrogens with zero attached hydrogens (tertiary/aromatic N) is 2. The molecule has 9 heteroatoms. The summed E-state index contributed by atoms with van der Waals surface area (Å²) in [6, 6.07) is 9.17. The summed E-state index contributed by atoms with van der Waals surface area (Å²) < 4.78 is 36.5. The molecule has 3 rings (SSSR count). The molecule has 28 heavy (non-hydrogen) atoms. The van der Waals surface area contributed by atoms with Crippen LogP contribution in [0.15, 0.2) is 35.7 Å². The predicted octanol–water partition coefficient (Wildman–Crippen LogP) is 0.853. The Bertz CT molecular complexity index is 810. The zero-order valence-corrected chi connectivity index (χ0v) is 16.3. The molecule has 0 bridgehead atoms. The van der Waals surface area contributed by atoms with Crippen molar-refractivity contribution in [2.75, 3.05) is 39.4 Å². The maximum atomic E-state index is 12.4. The van der Waals surface area contributed by atoms with E-state index in [4.69, 9.17) is 9.47 Å². The molecule has 1 aromatic rings. The Morgan fingerprint density at radius 3 is 2.50 bits per heavy atom. The monoisotopic (exact) mass is 408 g/mol. The minimum atomic E-state index is -3.55. The Kier molecular flexibility index (Phi) is 6.82. The molecule has 2 heterocycles. The lowest BCUT2D eigenvalue weighted by Gasteiger charge is -2.33. The number of benzene rings is 1. The van der Waals surface area contributed by atoms with E-state index in [0.717, 1.165) is 12.0 Å². The van der Waals surface area contributed by atoms with Gasteiger partial charge in [0.1, 0.15) is 0 Å². The van der Waals surface area contributed by atoms with Crippen molar-refractivity contribution in [1.82, 2.24) is 9.21 Å². The maximum absolute atomic E-state index is 12.4. The van der Waals surface area contributed by atoms with Gasteiger partial charge in [0.2, 0.25) is 10.0 Å². The third-order valence-electron chi connectivity index (χ3n) is 4.71. The zero-order chi connectivity index (χ0) is 20.0. The van der Waals surface area contributed by atoms with E-state index in [1.165, 1.54) is 14.6 Å². The fraction of sp³-hybridized carbons (Fsp3) is 0.474. The van der Waals surface area contributed by atoms with Crippen molar-refractivity contribution in [1.29, 1.82) is 0 Å². The average Bonchev–Trinajstić information content (AvgIpc) is 3.26. The quantitative estimate of drug-likeness (QED) is 0.648. The van der Waals surface area contributed by atoms with Crippen molar-refractivity contribution in [2.24, 2.45) is 0 Å². The van der Waals surface area contributed by atoms with Gasteiger partial charge in [-0.3, -0.25) is 4.79 Å². The lowest BCUT2D eigenvalue weighted by atomic mass is 10.2. The number of piperazine rings is 1. The summed E-state index contributed by atoms with van der Waals surface area (Å²) in [5.74, 6) is -0.846. The lowest BCUT2D eigenvalue weighted by molar-refractivity contribution is -0.160. The summed E-state index contributed by atoms with van der Waals surface area (Å²) in [7, 11) is -3.55. The first-order chi connectivity index (χ1) is 13.5. The largest absolute Gasteiger partial charge is 0.454 e. The molecule has 2 aliphatic rings. The maximum Gasteiger partial charge on any atom is 0.335 e. The van der Waals surface area contributed by atoms with Gasteiger partial charge in [0.15, 0.2) is 12.7 Å². The molecule has 0 radical (unpaired) electrons. The van der Waals surface area contributed by atoms with Crippen molar-refractivity contribution < 1.29 is 27.5 Å². The number of carbonyl (C=O) groups excluding carboxylic acids is 2. The Morgan fingerprint density at radius 2 is 1.86 bits per heavy atom. The van der Waals surface area contributed by atoms with Crippen molar-refractivity contribution in [3.05, 3.63) is 41.3 Å². The molecular weight excluding hydrogens is 384 g/mol. The van der Waals surface area contributed by atoms with Crippen LogP contribution in [0.5, 0.6) is 0 Å². The summed E-state index contributed by atoms with van der Waals surface area (Å²) >= 11 is 0. The number of ether oxygens (including phenoxy) is 2. The first kappa shape index (κ1) is 20.5. The Morgan fingerprint density at radius 1 is 1.14 bits per heavy atom. The highest BCUT2D eigenvalue weighted by Crippen LogP contribution is 2.14. The topological polar surface area (TPSA) is 93.2 Å². The van der Waals surface area contributed by atoms with E-state index in [0.29, 0.717) is 13.0 Å². The molecule has 1 aromatic carbocycles. The van der Waals surface area contributed by atoms with E-state index in [9.17, 15) is 18.0 Å². The minimum absolute atomic E-state index is 0.201. The van der Waals surface area contributed by atoms with Crippen molar-refractivity contribution in [2.45, 2.75) is 18.9 Å². The van der Waals surface area contributed by atoms with E-state index in [2.05, 4.69) is 0 Å². The first-order valence-corrected chi connectivity index (χ1v) is 10.8. The normalized spacial score (nSPS) is 21.1. The highest BCUT2D eigenvalue weighted by atomic mass is 32.2. The van der Waals surface area contributed by atoms with Crippen LogP contribution in [0.2, 0.25) is 0 Å². The number of sulfonamides is 1. The number of hydrogen-bond donors (Lipinski definition) is 0. The molecule has 152 valence electrons. The summed E-state index contributed by atoms with van der Waals surface area (Å²) in [6.45, 7) is 1.10. The molecule has 1 atom stereocenters. The fourth-order valence-electron chi connectivity index (χ4n) is 3.09. The minimum Gasteiger partial charge on any atom is -0.454 e. The predicted molar refractivity (Wildman–Crippen MR) is 102 cm³/mol. The van der Waals surface area contributed by atoms with Crippen LogP contribution >= 0.6 is 0 Å². The Balaban J connectivity index is 1.46. The second-order valence-corrected chi connectivity index (χ2v) is 8.47. The summed E-state index contributed by atoms with van der Waals surface area (Å²) in [4.78, 5) is 25.5. The molecule has 0 aromatic heterocycles. The van der Waals surface area contributed by atoms with E-state index >= 15 is 0 Å². The molecule has 2 aliphatic heterocycles. The van der Waals surface area contributed by atoms with Crippen molar-refractivity contribution in [3.8, 4) is 0 Å². The number of carbonyl (C=O) groups is 2. The highest BCUT2D eigenvalue weighted by molar-refractivity contribution is 7.92. The molecule has 0 unspecified atom stereocenters. The second kappa shape index (κ2) is 9.31. The van der Waals surface area contributed by atoms with Gasteiger partial charge in [-0.15, -0.1) is 0 Å². The summed E-state index contributed by atoms with van der Waals surface area (Å²) in [5.41, 5.74) is 0.799. The number of amides is 1. The smallest absolute Gasteiger partial charge is 0.335 e. The van der Waals surface area contributed by atoms with Gasteiger partial charge in [-0.05, 0) is 24.5 Å². The van der Waals surface area contributed by atoms with Crippen LogP contribution in [0.25, 0.3) is 6.08 Å². The van der Waals surface area contributed by atoms with E-state index < -0.39 is 22.1 Å². The van der Waals surface area contributed by atoms with Gasteiger partial charge in [-0.2, -0.15) is 4.31 Å². The van der Waals surface area contributed by atoms with Gasteiger partial charge in [-0.25, -0.2) is 13.2 Å². The van der Waals surface area contributed by atoms with Crippen LogP contribution in [0, 0.1) is 0 Å². The first-order valence-electron chi connectivity index (χ1n) is 9.25. The van der Waals surface area contributed by atoms with Crippen LogP contribution in [0.3, 0.4) is 0 Å². The fourth-order valence-corrected chi connectivity index (χ4v) is 4.26. The Labute approximate surface area is 164 Å². The molecule has 0 spiro atoms. The highest BCUT2D eigenvalue weighted by Gasteiger charge is 2.29. The van der Waals surface area contributed by atoms with E-state index in [1.54, 1.807) is 6.08 Å². The molecule has 0 saturated carbocycles. The van der Waals surface area contributed by atoms with Gasteiger partial charge in [0.25, 0.3) is 5.91 Å². The van der Waals surface area contributed by atoms with Gasteiger partial charge in [0, 0.05) is 38.2 Å². The summed E-state index contributed by atoms with van der Waals surface area (Å²) in [5, 5.41) is 1.18. The number of rotatable bonds is 6. The van der Waals surface area contributed by atoms with Gasteiger partial charge in [-0.1, -0.05) is 30.3 Å². The van der Waals surface area contributed by atoms with Crippen LogP contribution in [-0.2, 0) is 29.1 Å². The van der Waals surface area contributed by atoms with Gasteiger partial charge < -0.3 is 14.4 Å². The van der Waals surface area contributed by atoms with Crippen molar-refractivity contribution >= 4 is 28.0 Å². The number of hydrogen-bond acceptors (Lipinski definition) is 6. The van der Waals surface area contributed by atoms with Crippen LogP contribution in [0.4, 0.5) is 0 Å². The molecule has 0 aliphatic carbocycles. The van der Waals surface area contributed by atoms with Crippen LogP contribution < -0.4 is 0 Å². The molecule has 2 fully saturated rings. The molecule has 0 N–H and O–H groups in total. The average molecular weight is 408 g/mol. The number of esters is 1. The van der Waals surface area contributed by atoms with Crippen LogP contribution in [0.1, 0.15) is 18.4 Å². The lowest BCUT2D eigenvalue weighted by Crippen LogP contribution is -2.51. The second-order valence-electron chi connectivity index (χ2n) is 6.65. The standard InChI is InChI=1S/C19H24N2O6S/c22-18(15-27-19(23)17-7-4-13-26-17)20-9-11-21(12-10-20)28(24,25)14-8-16-5-2-1-3-6-16/h1-3,5-6,8,14,17H,4,7,9-13,15H2/b14-8+/t17-/m1/s1. The molecule has 2 saturated heterocycles. The third kappa shape index (κ3) is 5.40. The Hall–Kier alpha value is -2.23. The molecular formula is C19H24N2O6S. The SMILES string of the molecule is O=C(OCC(=O)N1CCN(S(=O)(=O)/C=C/c2ccccc2)CC1)[C@H]1CCCO1. The summed E-state index contributed by atoms with van der Waals surface area (Å²) in [6.07, 6.45) is 2.39. The third-order valence-corrected chi connectivity index (χ3v) is 6.28. The van der Waals surface area contributed by atoms with Gasteiger partial charge >= 0.3 is 5.97 Å². The van der Waals surface area contributed by atoms with Crippen molar-refractivity contribution in [3.63, 3.8) is 0 Å². The molecule has 8 nitrogen and oxygen atoms in total. The van der Waals surface area contributed by atoms with Crippen LogP contribution in [-0.4, -0.2) is 75.0 Å². The van der Waals surface area contributed by atoms with E-state index in [1.807, 2.05) is 30.3 Å². The van der Waals surface area contributed by atoms with Gasteiger partial charge in [0.05, 0.1) is 0 Å².